The van der Waals surface area contributed by atoms with Crippen LogP contribution in [0.3, 0.4) is 0 Å². The summed E-state index contributed by atoms with van der Waals surface area (Å²) in [4.78, 5) is 24.7. The zero-order valence-electron chi connectivity index (χ0n) is 12.7. The van der Waals surface area contributed by atoms with Crippen molar-refractivity contribution in [3.05, 3.63) is 59.4 Å². The average Bonchev–Trinajstić information content (AvgIpc) is 2.47. The molecular weight excluding hydrogens is 319 g/mol. The van der Waals surface area contributed by atoms with Gasteiger partial charge in [-0.1, -0.05) is 23.7 Å². The van der Waals surface area contributed by atoms with Crippen molar-refractivity contribution in [3.63, 3.8) is 0 Å². The number of hydrogen-bond donors (Lipinski definition) is 2. The van der Waals surface area contributed by atoms with Crippen LogP contribution in [0.25, 0.3) is 0 Å². The van der Waals surface area contributed by atoms with Crippen LogP contribution in [0.4, 0.5) is 15.8 Å². The van der Waals surface area contributed by atoms with Crippen molar-refractivity contribution in [2.75, 3.05) is 10.6 Å². The lowest BCUT2D eigenvalue weighted by atomic mass is 9.90. The van der Waals surface area contributed by atoms with Gasteiger partial charge < -0.3 is 10.6 Å². The number of carbonyl (C=O) groups is 2. The van der Waals surface area contributed by atoms with E-state index < -0.39 is 23.0 Å². The zero-order valence-corrected chi connectivity index (χ0v) is 13.4. The predicted molar refractivity (Wildman–Crippen MR) is 88.9 cm³/mol. The summed E-state index contributed by atoms with van der Waals surface area (Å²) >= 11 is 5.86. The van der Waals surface area contributed by atoms with Crippen LogP contribution < -0.4 is 10.6 Å². The number of carbonyl (C=O) groups excluding carboxylic acids is 2. The largest absolute Gasteiger partial charge is 0.325 e. The van der Waals surface area contributed by atoms with Gasteiger partial charge in [0.05, 0.1) is 0 Å². The van der Waals surface area contributed by atoms with Gasteiger partial charge in [-0.2, -0.15) is 0 Å². The number of hydrogen-bond acceptors (Lipinski definition) is 2. The smallest absolute Gasteiger partial charge is 0.239 e. The fourth-order valence-corrected chi connectivity index (χ4v) is 2.00. The third-order valence-electron chi connectivity index (χ3n) is 3.30. The molecule has 2 amide bonds. The van der Waals surface area contributed by atoms with Crippen LogP contribution in [-0.4, -0.2) is 11.8 Å². The molecule has 0 aromatic heterocycles. The van der Waals surface area contributed by atoms with Gasteiger partial charge in [0, 0.05) is 16.4 Å². The van der Waals surface area contributed by atoms with E-state index >= 15 is 0 Å². The van der Waals surface area contributed by atoms with E-state index in [2.05, 4.69) is 10.6 Å². The summed E-state index contributed by atoms with van der Waals surface area (Å²) in [6.45, 7) is 2.98. The van der Waals surface area contributed by atoms with Crippen LogP contribution >= 0.6 is 11.6 Å². The molecule has 0 spiro atoms. The van der Waals surface area contributed by atoms with Crippen molar-refractivity contribution in [2.24, 2.45) is 5.41 Å². The highest BCUT2D eigenvalue weighted by molar-refractivity contribution is 6.31. The first-order valence-corrected chi connectivity index (χ1v) is 7.31. The van der Waals surface area contributed by atoms with E-state index in [0.29, 0.717) is 16.4 Å². The van der Waals surface area contributed by atoms with E-state index in [9.17, 15) is 14.0 Å². The van der Waals surface area contributed by atoms with Gasteiger partial charge in [-0.3, -0.25) is 9.59 Å². The molecule has 6 heteroatoms. The number of benzene rings is 2. The second-order valence-corrected chi connectivity index (χ2v) is 5.99. The molecule has 0 fully saturated rings. The van der Waals surface area contributed by atoms with E-state index in [1.807, 2.05) is 0 Å². The molecule has 2 N–H and O–H groups in total. The highest BCUT2D eigenvalue weighted by Crippen LogP contribution is 2.23. The van der Waals surface area contributed by atoms with Gasteiger partial charge >= 0.3 is 0 Å². The second-order valence-electron chi connectivity index (χ2n) is 5.55. The number of halogens is 2. The maximum atomic E-state index is 13.2. The van der Waals surface area contributed by atoms with E-state index in [1.165, 1.54) is 32.0 Å². The predicted octanol–water partition coefficient (Wildman–Crippen LogP) is 4.08. The summed E-state index contributed by atoms with van der Waals surface area (Å²) in [5.74, 6) is -1.50. The molecule has 0 saturated carbocycles. The minimum Gasteiger partial charge on any atom is -0.325 e. The zero-order chi connectivity index (χ0) is 17.0. The van der Waals surface area contributed by atoms with E-state index in [0.717, 1.165) is 0 Å². The molecule has 0 atom stereocenters. The fraction of sp³-hybridized carbons (Fsp3) is 0.176. The van der Waals surface area contributed by atoms with Gasteiger partial charge in [0.1, 0.15) is 11.2 Å². The van der Waals surface area contributed by atoms with Crippen LogP contribution in [0.1, 0.15) is 13.8 Å². The summed E-state index contributed by atoms with van der Waals surface area (Å²) in [5.41, 5.74) is -0.568. The highest BCUT2D eigenvalue weighted by atomic mass is 35.5. The monoisotopic (exact) mass is 334 g/mol. The molecule has 2 aromatic rings. The molecule has 0 bridgehead atoms. The third kappa shape index (κ3) is 4.29. The summed E-state index contributed by atoms with van der Waals surface area (Å²) in [6.07, 6.45) is 0. The first kappa shape index (κ1) is 17.0. The Morgan fingerprint density at radius 1 is 0.957 bits per heavy atom. The lowest BCUT2D eigenvalue weighted by Gasteiger charge is -2.22. The summed E-state index contributed by atoms with van der Waals surface area (Å²) in [5, 5.41) is 5.65. The molecule has 23 heavy (non-hydrogen) atoms. The minimum atomic E-state index is -1.35. The summed E-state index contributed by atoms with van der Waals surface area (Å²) in [6, 6.07) is 12.1. The van der Waals surface area contributed by atoms with Gasteiger partial charge in [-0.05, 0) is 50.2 Å². The van der Waals surface area contributed by atoms with Gasteiger partial charge in [-0.25, -0.2) is 4.39 Å². The lowest BCUT2D eigenvalue weighted by molar-refractivity contribution is -0.135. The summed E-state index contributed by atoms with van der Waals surface area (Å²) < 4.78 is 13.2. The lowest BCUT2D eigenvalue weighted by Crippen LogP contribution is -2.41. The Morgan fingerprint density at radius 3 is 2.00 bits per heavy atom. The second kappa shape index (κ2) is 6.79. The Kier molecular flexibility index (Phi) is 5.01. The molecule has 0 aliphatic rings. The number of rotatable bonds is 4. The first-order valence-electron chi connectivity index (χ1n) is 6.93. The van der Waals surface area contributed by atoms with Crippen LogP contribution in [0.2, 0.25) is 5.02 Å². The third-order valence-corrected chi connectivity index (χ3v) is 3.54. The highest BCUT2D eigenvalue weighted by Gasteiger charge is 2.36. The Balaban J connectivity index is 2.09. The molecule has 120 valence electrons. The Labute approximate surface area is 138 Å². The maximum absolute atomic E-state index is 13.2. The van der Waals surface area contributed by atoms with Crippen LogP contribution in [-0.2, 0) is 9.59 Å². The van der Waals surface area contributed by atoms with Crippen LogP contribution in [0.5, 0.6) is 0 Å². The molecule has 0 aliphatic heterocycles. The number of amides is 2. The van der Waals surface area contributed by atoms with Gasteiger partial charge in [0.2, 0.25) is 11.8 Å². The maximum Gasteiger partial charge on any atom is 0.239 e. The molecule has 0 aliphatic carbocycles. The Hall–Kier alpha value is -2.40. The number of anilines is 2. The van der Waals surface area contributed by atoms with Crippen molar-refractivity contribution < 1.29 is 14.0 Å². The first-order chi connectivity index (χ1) is 10.8. The summed E-state index contributed by atoms with van der Waals surface area (Å²) in [7, 11) is 0. The quantitative estimate of drug-likeness (QED) is 0.828. The standard InChI is InChI=1S/C17H16ClFN2O2/c1-17(2,15(22)20-13-7-3-5-11(18)9-13)16(23)21-14-8-4-6-12(19)10-14/h3-10H,1-2H3,(H,20,22)(H,21,23). The molecule has 4 nitrogen and oxygen atoms in total. The molecule has 0 saturated heterocycles. The van der Waals surface area contributed by atoms with Crippen molar-refractivity contribution in [2.45, 2.75) is 13.8 Å². The van der Waals surface area contributed by atoms with Gasteiger partial charge in [0.25, 0.3) is 0 Å². The Morgan fingerprint density at radius 2 is 1.48 bits per heavy atom. The molecule has 2 rings (SSSR count). The molecule has 0 radical (unpaired) electrons. The van der Waals surface area contributed by atoms with Gasteiger partial charge in [-0.15, -0.1) is 0 Å². The topological polar surface area (TPSA) is 58.2 Å². The SMILES string of the molecule is CC(C)(C(=O)Nc1cccc(F)c1)C(=O)Nc1cccc(Cl)c1. The van der Waals surface area contributed by atoms with Gasteiger partial charge in [0.15, 0.2) is 0 Å². The van der Waals surface area contributed by atoms with E-state index in [1.54, 1.807) is 30.3 Å². The Bertz CT molecular complexity index is 685. The van der Waals surface area contributed by atoms with E-state index in [4.69, 9.17) is 11.6 Å². The van der Waals surface area contributed by atoms with Crippen LogP contribution in [0, 0.1) is 11.2 Å². The van der Waals surface area contributed by atoms with Crippen molar-refractivity contribution in [1.82, 2.24) is 0 Å². The molecular formula is C17H16ClFN2O2. The number of nitrogens with one attached hydrogen (secondary N) is 2. The van der Waals surface area contributed by atoms with E-state index in [-0.39, 0.29) is 0 Å². The minimum absolute atomic E-state index is 0.290. The van der Waals surface area contributed by atoms with Crippen molar-refractivity contribution in [3.8, 4) is 0 Å². The fourth-order valence-electron chi connectivity index (χ4n) is 1.81. The average molecular weight is 335 g/mol. The molecule has 0 unspecified atom stereocenters. The molecule has 2 aromatic carbocycles. The normalized spacial score (nSPS) is 11.0. The van der Waals surface area contributed by atoms with Crippen molar-refractivity contribution >= 4 is 34.8 Å². The molecule has 0 heterocycles. The van der Waals surface area contributed by atoms with Crippen molar-refractivity contribution in [1.29, 1.82) is 0 Å². The van der Waals surface area contributed by atoms with Crippen LogP contribution in [0.15, 0.2) is 48.5 Å².